The van der Waals surface area contributed by atoms with Gasteiger partial charge in [0.1, 0.15) is 0 Å². The van der Waals surface area contributed by atoms with E-state index in [9.17, 15) is 9.00 Å². The molecule has 1 atom stereocenters. The Bertz CT molecular complexity index is 398. The van der Waals surface area contributed by atoms with E-state index in [-0.39, 0.29) is 5.91 Å². The van der Waals surface area contributed by atoms with Crippen LogP contribution in [-0.4, -0.2) is 34.9 Å². The largest absolute Gasteiger partial charge is 0.345 e. The van der Waals surface area contributed by atoms with Crippen LogP contribution in [0.15, 0.2) is 29.2 Å². The first-order valence-electron chi connectivity index (χ1n) is 5.76. The molecular weight excluding hydrogens is 234 g/mol. The van der Waals surface area contributed by atoms with Crippen molar-refractivity contribution < 1.29 is 9.00 Å². The second-order valence-electron chi connectivity index (χ2n) is 4.13. The van der Waals surface area contributed by atoms with Gasteiger partial charge in [-0.15, -0.1) is 0 Å². The summed E-state index contributed by atoms with van der Waals surface area (Å²) in [6, 6.07) is 7.04. The highest BCUT2D eigenvalue weighted by Crippen LogP contribution is 2.11. The van der Waals surface area contributed by atoms with Crippen molar-refractivity contribution in [2.45, 2.75) is 24.7 Å². The fourth-order valence-corrected chi connectivity index (χ4v) is 2.63. The Hall–Kier alpha value is -1.16. The van der Waals surface area contributed by atoms with Crippen LogP contribution in [0, 0.1) is 0 Å². The molecule has 94 valence electrons. The molecule has 3 nitrogen and oxygen atoms in total. The molecular formula is C13H19NO2S. The molecule has 0 heterocycles. The lowest BCUT2D eigenvalue weighted by Gasteiger charge is -2.10. The van der Waals surface area contributed by atoms with Crippen molar-refractivity contribution in [1.82, 2.24) is 4.90 Å². The molecule has 1 unspecified atom stereocenters. The standard InChI is InChI=1S/C13H19NO2S/c1-4-5-10-17(16)12-8-6-11(7-9-12)13(15)14(2)3/h6-9H,4-5,10H2,1-3H3. The Morgan fingerprint density at radius 1 is 1.24 bits per heavy atom. The lowest BCUT2D eigenvalue weighted by molar-refractivity contribution is 0.0827. The Kier molecular flexibility index (Phi) is 5.35. The molecule has 0 aliphatic heterocycles. The van der Waals surface area contributed by atoms with Crippen LogP contribution >= 0.6 is 0 Å². The molecule has 0 N–H and O–H groups in total. The Morgan fingerprint density at radius 3 is 2.29 bits per heavy atom. The first kappa shape index (κ1) is 13.9. The summed E-state index contributed by atoms with van der Waals surface area (Å²) < 4.78 is 11.8. The summed E-state index contributed by atoms with van der Waals surface area (Å²) in [7, 11) is 2.50. The minimum atomic E-state index is -0.940. The van der Waals surface area contributed by atoms with Crippen molar-refractivity contribution in [3.8, 4) is 0 Å². The van der Waals surface area contributed by atoms with E-state index >= 15 is 0 Å². The molecule has 1 aromatic carbocycles. The molecule has 0 radical (unpaired) electrons. The van der Waals surface area contributed by atoms with Gasteiger partial charge in [-0.2, -0.15) is 0 Å². The van der Waals surface area contributed by atoms with Crippen LogP contribution in [0.25, 0.3) is 0 Å². The number of amides is 1. The molecule has 0 saturated carbocycles. The average molecular weight is 253 g/mol. The molecule has 0 aliphatic rings. The topological polar surface area (TPSA) is 37.4 Å². The summed E-state index contributed by atoms with van der Waals surface area (Å²) in [6.07, 6.45) is 2.01. The molecule has 0 saturated heterocycles. The van der Waals surface area contributed by atoms with Gasteiger partial charge in [0.15, 0.2) is 0 Å². The van der Waals surface area contributed by atoms with Gasteiger partial charge in [-0.1, -0.05) is 13.3 Å². The van der Waals surface area contributed by atoms with Crippen LogP contribution in [-0.2, 0) is 10.8 Å². The van der Waals surface area contributed by atoms with E-state index in [1.807, 2.05) is 0 Å². The van der Waals surface area contributed by atoms with E-state index in [1.165, 1.54) is 4.90 Å². The third kappa shape index (κ3) is 3.97. The molecule has 4 heteroatoms. The van der Waals surface area contributed by atoms with Gasteiger partial charge < -0.3 is 4.90 Å². The van der Waals surface area contributed by atoms with E-state index in [0.29, 0.717) is 11.3 Å². The van der Waals surface area contributed by atoms with E-state index < -0.39 is 10.8 Å². The third-order valence-corrected chi connectivity index (χ3v) is 3.91. The number of carbonyl (C=O) groups is 1. The van der Waals surface area contributed by atoms with Crippen molar-refractivity contribution >= 4 is 16.7 Å². The van der Waals surface area contributed by atoms with Gasteiger partial charge in [0.2, 0.25) is 0 Å². The minimum Gasteiger partial charge on any atom is -0.345 e. The number of nitrogens with zero attached hydrogens (tertiary/aromatic N) is 1. The average Bonchev–Trinajstić information content (AvgIpc) is 2.35. The summed E-state index contributed by atoms with van der Waals surface area (Å²) in [5, 5.41) is 0. The Labute approximate surface area is 105 Å². The lowest BCUT2D eigenvalue weighted by Crippen LogP contribution is -2.21. The Balaban J connectivity index is 2.74. The molecule has 0 aliphatic carbocycles. The van der Waals surface area contributed by atoms with Crippen molar-refractivity contribution in [3.63, 3.8) is 0 Å². The zero-order valence-electron chi connectivity index (χ0n) is 10.6. The molecule has 17 heavy (non-hydrogen) atoms. The maximum absolute atomic E-state index is 11.8. The highest BCUT2D eigenvalue weighted by atomic mass is 32.2. The fraction of sp³-hybridized carbons (Fsp3) is 0.462. The third-order valence-electron chi connectivity index (χ3n) is 2.45. The highest BCUT2D eigenvalue weighted by Gasteiger charge is 2.09. The predicted molar refractivity (Wildman–Crippen MR) is 70.6 cm³/mol. The SMILES string of the molecule is CCCCS(=O)c1ccc(C(=O)N(C)C)cc1. The molecule has 1 amide bonds. The van der Waals surface area contributed by atoms with Crippen molar-refractivity contribution in [2.24, 2.45) is 0 Å². The van der Waals surface area contributed by atoms with Crippen LogP contribution < -0.4 is 0 Å². The summed E-state index contributed by atoms with van der Waals surface area (Å²) >= 11 is 0. The van der Waals surface area contributed by atoms with Crippen LogP contribution in [0.1, 0.15) is 30.1 Å². The van der Waals surface area contributed by atoms with Gasteiger partial charge in [-0.05, 0) is 30.7 Å². The monoisotopic (exact) mass is 253 g/mol. The fourth-order valence-electron chi connectivity index (χ4n) is 1.40. The number of benzene rings is 1. The molecule has 1 aromatic rings. The normalized spacial score (nSPS) is 12.2. The van der Waals surface area contributed by atoms with Gasteiger partial charge >= 0.3 is 0 Å². The predicted octanol–water partition coefficient (Wildman–Crippen LogP) is 2.30. The van der Waals surface area contributed by atoms with Crippen LogP contribution in [0.2, 0.25) is 0 Å². The zero-order chi connectivity index (χ0) is 12.8. The molecule has 0 bridgehead atoms. The maximum Gasteiger partial charge on any atom is 0.253 e. The lowest BCUT2D eigenvalue weighted by atomic mass is 10.2. The smallest absolute Gasteiger partial charge is 0.253 e. The van der Waals surface area contributed by atoms with Gasteiger partial charge in [0.05, 0.1) is 10.8 Å². The molecule has 0 aromatic heterocycles. The molecule has 0 spiro atoms. The maximum atomic E-state index is 11.8. The zero-order valence-corrected chi connectivity index (χ0v) is 11.4. The number of hydrogen-bond acceptors (Lipinski definition) is 2. The summed E-state index contributed by atoms with van der Waals surface area (Å²) in [5.41, 5.74) is 0.631. The van der Waals surface area contributed by atoms with Crippen LogP contribution in [0.5, 0.6) is 0 Å². The van der Waals surface area contributed by atoms with Gasteiger partial charge in [0, 0.05) is 30.3 Å². The number of hydrogen-bond donors (Lipinski definition) is 0. The molecule has 0 fully saturated rings. The second-order valence-corrected chi connectivity index (χ2v) is 5.70. The van der Waals surface area contributed by atoms with E-state index in [4.69, 9.17) is 0 Å². The van der Waals surface area contributed by atoms with Gasteiger partial charge in [0.25, 0.3) is 5.91 Å². The number of carbonyl (C=O) groups excluding carboxylic acids is 1. The van der Waals surface area contributed by atoms with E-state index in [1.54, 1.807) is 38.4 Å². The number of unbranched alkanes of at least 4 members (excludes halogenated alkanes) is 1. The van der Waals surface area contributed by atoms with Crippen molar-refractivity contribution in [3.05, 3.63) is 29.8 Å². The Morgan fingerprint density at radius 2 is 1.82 bits per heavy atom. The van der Waals surface area contributed by atoms with E-state index in [2.05, 4.69) is 6.92 Å². The number of rotatable bonds is 5. The van der Waals surface area contributed by atoms with Crippen LogP contribution in [0.3, 0.4) is 0 Å². The quantitative estimate of drug-likeness (QED) is 0.807. The first-order chi connectivity index (χ1) is 8.06. The summed E-state index contributed by atoms with van der Waals surface area (Å²) in [5.74, 6) is 0.660. The van der Waals surface area contributed by atoms with Crippen molar-refractivity contribution in [1.29, 1.82) is 0 Å². The molecule has 1 rings (SSSR count). The first-order valence-corrected chi connectivity index (χ1v) is 7.08. The van der Waals surface area contributed by atoms with Gasteiger partial charge in [-0.25, -0.2) is 0 Å². The summed E-state index contributed by atoms with van der Waals surface area (Å²) in [4.78, 5) is 14.0. The van der Waals surface area contributed by atoms with E-state index in [0.717, 1.165) is 17.7 Å². The summed E-state index contributed by atoms with van der Waals surface area (Å²) in [6.45, 7) is 2.08. The minimum absolute atomic E-state index is 0.0316. The highest BCUT2D eigenvalue weighted by molar-refractivity contribution is 7.85. The van der Waals surface area contributed by atoms with Crippen molar-refractivity contribution in [2.75, 3.05) is 19.8 Å². The van der Waals surface area contributed by atoms with Gasteiger partial charge in [-0.3, -0.25) is 9.00 Å². The second kappa shape index (κ2) is 6.55. The van der Waals surface area contributed by atoms with Crippen LogP contribution in [0.4, 0.5) is 0 Å².